The van der Waals surface area contributed by atoms with Gasteiger partial charge in [0.05, 0.1) is 5.69 Å². The van der Waals surface area contributed by atoms with Crippen molar-refractivity contribution < 1.29 is 9.59 Å². The highest BCUT2D eigenvalue weighted by molar-refractivity contribution is 6.05. The number of carbonyl (C=O) groups excluding carboxylic acids is 2. The van der Waals surface area contributed by atoms with Crippen molar-refractivity contribution in [3.8, 4) is 5.69 Å². The van der Waals surface area contributed by atoms with Gasteiger partial charge in [-0.2, -0.15) is 5.10 Å². The molecule has 1 aliphatic carbocycles. The number of hydrogen-bond donors (Lipinski definition) is 2. The maximum atomic E-state index is 12.6. The second kappa shape index (κ2) is 8.73. The summed E-state index contributed by atoms with van der Waals surface area (Å²) in [4.78, 5) is 25.1. The Morgan fingerprint density at radius 3 is 2.48 bits per heavy atom. The molecule has 0 saturated heterocycles. The predicted octanol–water partition coefficient (Wildman–Crippen LogP) is 4.64. The monoisotopic (exact) mass is 388 g/mol. The molecule has 2 N–H and O–H groups in total. The van der Waals surface area contributed by atoms with Gasteiger partial charge in [0, 0.05) is 29.4 Å². The number of amides is 2. The van der Waals surface area contributed by atoms with E-state index >= 15 is 0 Å². The van der Waals surface area contributed by atoms with Crippen molar-refractivity contribution in [2.45, 2.75) is 32.1 Å². The van der Waals surface area contributed by atoms with Crippen molar-refractivity contribution in [3.05, 3.63) is 72.4 Å². The quantitative estimate of drug-likeness (QED) is 0.668. The van der Waals surface area contributed by atoms with E-state index in [0.717, 1.165) is 31.4 Å². The number of para-hydroxylation sites is 1. The van der Waals surface area contributed by atoms with Crippen molar-refractivity contribution in [1.29, 1.82) is 0 Å². The number of aromatic nitrogens is 2. The van der Waals surface area contributed by atoms with E-state index in [-0.39, 0.29) is 17.7 Å². The topological polar surface area (TPSA) is 76.0 Å². The normalized spacial score (nSPS) is 14.3. The molecule has 0 atom stereocenters. The predicted molar refractivity (Wildman–Crippen MR) is 113 cm³/mol. The third-order valence-electron chi connectivity index (χ3n) is 5.22. The van der Waals surface area contributed by atoms with Gasteiger partial charge in [0.25, 0.3) is 5.91 Å². The van der Waals surface area contributed by atoms with Crippen LogP contribution in [-0.2, 0) is 4.79 Å². The Labute approximate surface area is 169 Å². The minimum Gasteiger partial charge on any atom is -0.326 e. The molecule has 1 saturated carbocycles. The Morgan fingerprint density at radius 1 is 0.897 bits per heavy atom. The van der Waals surface area contributed by atoms with Crippen LogP contribution >= 0.6 is 0 Å². The van der Waals surface area contributed by atoms with E-state index in [0.29, 0.717) is 17.1 Å². The summed E-state index contributed by atoms with van der Waals surface area (Å²) in [5.41, 5.74) is 2.03. The molecule has 29 heavy (non-hydrogen) atoms. The average molecular weight is 388 g/mol. The van der Waals surface area contributed by atoms with Crippen LogP contribution in [0.15, 0.2) is 66.9 Å². The first kappa shape index (κ1) is 18.9. The van der Waals surface area contributed by atoms with Crippen LogP contribution in [0.4, 0.5) is 11.5 Å². The highest BCUT2D eigenvalue weighted by atomic mass is 16.2. The van der Waals surface area contributed by atoms with Crippen LogP contribution in [0.25, 0.3) is 5.69 Å². The summed E-state index contributed by atoms with van der Waals surface area (Å²) in [7, 11) is 0. The summed E-state index contributed by atoms with van der Waals surface area (Å²) < 4.78 is 1.70. The highest BCUT2D eigenvalue weighted by Crippen LogP contribution is 2.25. The molecule has 0 aliphatic heterocycles. The van der Waals surface area contributed by atoms with Gasteiger partial charge in [-0.1, -0.05) is 43.5 Å². The molecule has 1 aliphatic rings. The summed E-state index contributed by atoms with van der Waals surface area (Å²) in [6.45, 7) is 0. The molecular formula is C23H24N4O2. The molecule has 0 bridgehead atoms. The molecule has 4 rings (SSSR count). The molecule has 0 radical (unpaired) electrons. The van der Waals surface area contributed by atoms with Gasteiger partial charge in [0.2, 0.25) is 5.91 Å². The van der Waals surface area contributed by atoms with Gasteiger partial charge in [-0.25, -0.2) is 4.68 Å². The van der Waals surface area contributed by atoms with E-state index in [4.69, 9.17) is 0 Å². The number of anilines is 2. The van der Waals surface area contributed by atoms with Crippen LogP contribution in [0.2, 0.25) is 0 Å². The number of benzene rings is 2. The van der Waals surface area contributed by atoms with Gasteiger partial charge in [-0.3, -0.25) is 9.59 Å². The smallest absolute Gasteiger partial charge is 0.256 e. The molecular weight excluding hydrogens is 364 g/mol. The lowest BCUT2D eigenvalue weighted by molar-refractivity contribution is -0.120. The van der Waals surface area contributed by atoms with E-state index in [1.807, 2.05) is 36.4 Å². The van der Waals surface area contributed by atoms with Crippen LogP contribution in [-0.4, -0.2) is 21.6 Å². The zero-order valence-electron chi connectivity index (χ0n) is 16.2. The largest absolute Gasteiger partial charge is 0.326 e. The van der Waals surface area contributed by atoms with Crippen molar-refractivity contribution in [1.82, 2.24) is 9.78 Å². The summed E-state index contributed by atoms with van der Waals surface area (Å²) >= 11 is 0. The third-order valence-corrected chi connectivity index (χ3v) is 5.22. The first-order chi connectivity index (χ1) is 14.2. The molecule has 1 aromatic heterocycles. The number of rotatable bonds is 5. The number of nitrogens with one attached hydrogen (secondary N) is 2. The molecule has 0 unspecified atom stereocenters. The lowest BCUT2D eigenvalue weighted by Gasteiger charge is -2.20. The molecule has 6 nitrogen and oxygen atoms in total. The minimum absolute atomic E-state index is 0.0452. The maximum absolute atomic E-state index is 12.6. The number of hydrogen-bond acceptors (Lipinski definition) is 3. The van der Waals surface area contributed by atoms with Crippen molar-refractivity contribution in [3.63, 3.8) is 0 Å². The molecule has 2 aromatic carbocycles. The number of carbonyl (C=O) groups is 2. The summed E-state index contributed by atoms with van der Waals surface area (Å²) in [5.74, 6) is 0.319. The molecule has 3 aromatic rings. The molecule has 1 fully saturated rings. The van der Waals surface area contributed by atoms with Gasteiger partial charge < -0.3 is 10.6 Å². The lowest BCUT2D eigenvalue weighted by Crippen LogP contribution is -2.24. The Hall–Kier alpha value is -3.41. The SMILES string of the molecule is O=C(Nc1ccn(-c2ccccc2)n1)c1cccc(NC(=O)C2CCCCC2)c1. The van der Waals surface area contributed by atoms with E-state index < -0.39 is 0 Å². The van der Waals surface area contributed by atoms with E-state index in [1.165, 1.54) is 6.42 Å². The van der Waals surface area contributed by atoms with Gasteiger partial charge in [0.15, 0.2) is 5.82 Å². The van der Waals surface area contributed by atoms with E-state index in [2.05, 4.69) is 15.7 Å². The van der Waals surface area contributed by atoms with Crippen LogP contribution in [0.1, 0.15) is 42.5 Å². The molecule has 6 heteroatoms. The summed E-state index contributed by atoms with van der Waals surface area (Å²) in [6, 6.07) is 18.4. The molecule has 0 spiro atoms. The average Bonchev–Trinajstić information content (AvgIpc) is 3.23. The Balaban J connectivity index is 1.41. The van der Waals surface area contributed by atoms with Crippen molar-refractivity contribution >= 4 is 23.3 Å². The Morgan fingerprint density at radius 2 is 1.69 bits per heavy atom. The zero-order valence-corrected chi connectivity index (χ0v) is 16.2. The van der Waals surface area contributed by atoms with Crippen LogP contribution in [0.3, 0.4) is 0 Å². The fourth-order valence-corrected chi connectivity index (χ4v) is 3.65. The van der Waals surface area contributed by atoms with Crippen LogP contribution in [0, 0.1) is 5.92 Å². The first-order valence-corrected chi connectivity index (χ1v) is 10.0. The summed E-state index contributed by atoms with van der Waals surface area (Å²) in [6.07, 6.45) is 7.10. The molecule has 2 amide bonds. The Kier molecular flexibility index (Phi) is 5.70. The molecule has 148 valence electrons. The fraction of sp³-hybridized carbons (Fsp3) is 0.261. The van der Waals surface area contributed by atoms with Gasteiger partial charge in [0.1, 0.15) is 0 Å². The Bertz CT molecular complexity index is 991. The highest BCUT2D eigenvalue weighted by Gasteiger charge is 2.21. The van der Waals surface area contributed by atoms with Crippen molar-refractivity contribution in [2.75, 3.05) is 10.6 Å². The molecule has 1 heterocycles. The van der Waals surface area contributed by atoms with Crippen LogP contribution in [0.5, 0.6) is 0 Å². The van der Waals surface area contributed by atoms with E-state index in [1.54, 1.807) is 35.1 Å². The van der Waals surface area contributed by atoms with Crippen LogP contribution < -0.4 is 10.6 Å². The lowest BCUT2D eigenvalue weighted by atomic mass is 9.88. The first-order valence-electron chi connectivity index (χ1n) is 10.0. The second-order valence-corrected chi connectivity index (χ2v) is 7.34. The second-order valence-electron chi connectivity index (χ2n) is 7.34. The standard InChI is InChI=1S/C23H24N4O2/c28-22(17-8-3-1-4-9-17)24-19-11-7-10-18(16-19)23(29)25-21-14-15-27(26-21)20-12-5-2-6-13-20/h2,5-7,10-17H,1,3-4,8-9H2,(H,24,28)(H,25,26,29). The minimum atomic E-state index is -0.267. The zero-order chi connectivity index (χ0) is 20.1. The van der Waals surface area contributed by atoms with E-state index in [9.17, 15) is 9.59 Å². The van der Waals surface area contributed by atoms with Gasteiger partial charge in [-0.05, 0) is 43.2 Å². The fourth-order valence-electron chi connectivity index (χ4n) is 3.65. The van der Waals surface area contributed by atoms with Gasteiger partial charge in [-0.15, -0.1) is 0 Å². The van der Waals surface area contributed by atoms with Crippen molar-refractivity contribution in [2.24, 2.45) is 5.92 Å². The third kappa shape index (κ3) is 4.71. The number of nitrogens with zero attached hydrogens (tertiary/aromatic N) is 2. The summed E-state index contributed by atoms with van der Waals surface area (Å²) in [5, 5.41) is 10.2. The van der Waals surface area contributed by atoms with Gasteiger partial charge >= 0.3 is 0 Å². The maximum Gasteiger partial charge on any atom is 0.256 e.